The highest BCUT2D eigenvalue weighted by Gasteiger charge is 2.37. The number of hydrogen-bond donors (Lipinski definition) is 2. The molecule has 25 heavy (non-hydrogen) atoms. The van der Waals surface area contributed by atoms with E-state index in [1.165, 1.54) is 0 Å². The fourth-order valence-electron chi connectivity index (χ4n) is 3.18. The largest absolute Gasteiger partial charge is 0.497 e. The van der Waals surface area contributed by atoms with E-state index < -0.39 is 0 Å². The molecular formula is C19H29N3O3. The van der Waals surface area contributed by atoms with Crippen LogP contribution >= 0.6 is 0 Å². The van der Waals surface area contributed by atoms with E-state index in [0.717, 1.165) is 24.2 Å². The van der Waals surface area contributed by atoms with E-state index in [1.807, 2.05) is 38.1 Å². The number of nitrogens with two attached hydrogens (primary N) is 1. The first-order valence-corrected chi connectivity index (χ1v) is 8.89. The molecular weight excluding hydrogens is 318 g/mol. The molecule has 2 amide bonds. The molecule has 0 bridgehead atoms. The third-order valence-corrected chi connectivity index (χ3v) is 5.25. The molecule has 1 aliphatic rings. The number of likely N-dealkylation sites (tertiary alicyclic amines) is 1. The van der Waals surface area contributed by atoms with Crippen molar-refractivity contribution >= 4 is 11.8 Å². The van der Waals surface area contributed by atoms with Gasteiger partial charge in [0, 0.05) is 26.1 Å². The summed E-state index contributed by atoms with van der Waals surface area (Å²) < 4.78 is 5.14. The number of nitrogens with zero attached hydrogens (tertiary/aromatic N) is 1. The molecule has 1 unspecified atom stereocenters. The van der Waals surface area contributed by atoms with Crippen molar-refractivity contribution in [2.75, 3.05) is 20.2 Å². The van der Waals surface area contributed by atoms with Gasteiger partial charge in [0.25, 0.3) is 0 Å². The number of methoxy groups -OCH3 is 1. The van der Waals surface area contributed by atoms with Crippen molar-refractivity contribution in [3.63, 3.8) is 0 Å². The van der Waals surface area contributed by atoms with Gasteiger partial charge in [0.1, 0.15) is 5.75 Å². The molecule has 1 aromatic rings. The van der Waals surface area contributed by atoms with E-state index in [4.69, 9.17) is 10.5 Å². The standard InChI is InChI=1S/C19H29N3O3/c1-4-19(5-2,13-20)21-18(24)15-10-17(23)22(12-15)11-14-6-8-16(25-3)9-7-14/h6-9,15H,4-5,10-13,20H2,1-3H3,(H,21,24). The molecule has 1 aromatic carbocycles. The first kappa shape index (κ1) is 19.2. The van der Waals surface area contributed by atoms with Gasteiger partial charge in [0.05, 0.1) is 18.6 Å². The molecule has 0 aromatic heterocycles. The smallest absolute Gasteiger partial charge is 0.225 e. The molecule has 2 rings (SSSR count). The van der Waals surface area contributed by atoms with Crippen LogP contribution in [0.4, 0.5) is 0 Å². The highest BCUT2D eigenvalue weighted by molar-refractivity contribution is 5.89. The van der Waals surface area contributed by atoms with Crippen LogP contribution < -0.4 is 15.8 Å². The van der Waals surface area contributed by atoms with Crippen LogP contribution in [0.25, 0.3) is 0 Å². The molecule has 1 saturated heterocycles. The Hall–Kier alpha value is -2.08. The van der Waals surface area contributed by atoms with Gasteiger partial charge in [-0.15, -0.1) is 0 Å². The Bertz CT molecular complexity index is 588. The fraction of sp³-hybridized carbons (Fsp3) is 0.579. The second kappa shape index (κ2) is 8.34. The van der Waals surface area contributed by atoms with E-state index in [0.29, 0.717) is 19.6 Å². The lowest BCUT2D eigenvalue weighted by atomic mass is 9.91. The number of nitrogens with one attached hydrogen (secondary N) is 1. The summed E-state index contributed by atoms with van der Waals surface area (Å²) >= 11 is 0. The minimum absolute atomic E-state index is 0.0160. The number of rotatable bonds is 8. The van der Waals surface area contributed by atoms with Gasteiger partial charge < -0.3 is 20.7 Å². The summed E-state index contributed by atoms with van der Waals surface area (Å²) in [6.45, 7) is 5.40. The average Bonchev–Trinajstić information content (AvgIpc) is 3.01. The second-order valence-corrected chi connectivity index (χ2v) is 6.70. The highest BCUT2D eigenvalue weighted by atomic mass is 16.5. The summed E-state index contributed by atoms with van der Waals surface area (Å²) in [5.41, 5.74) is 6.50. The summed E-state index contributed by atoms with van der Waals surface area (Å²) in [6, 6.07) is 7.62. The predicted octanol–water partition coefficient (Wildman–Crippen LogP) is 1.68. The number of amides is 2. The molecule has 0 saturated carbocycles. The SMILES string of the molecule is CCC(CC)(CN)NC(=O)C1CC(=O)N(Cc2ccc(OC)cc2)C1. The van der Waals surface area contributed by atoms with Crippen molar-refractivity contribution < 1.29 is 14.3 Å². The molecule has 1 fully saturated rings. The van der Waals surface area contributed by atoms with Gasteiger partial charge in [0.15, 0.2) is 0 Å². The van der Waals surface area contributed by atoms with Crippen LogP contribution in [0.5, 0.6) is 5.75 Å². The molecule has 1 atom stereocenters. The van der Waals surface area contributed by atoms with Crippen molar-refractivity contribution in [3.8, 4) is 5.75 Å². The zero-order chi connectivity index (χ0) is 18.4. The van der Waals surface area contributed by atoms with Crippen molar-refractivity contribution in [2.24, 2.45) is 11.7 Å². The number of carbonyl (C=O) groups excluding carboxylic acids is 2. The lowest BCUT2D eigenvalue weighted by Gasteiger charge is -2.32. The first-order chi connectivity index (χ1) is 12.0. The van der Waals surface area contributed by atoms with Crippen molar-refractivity contribution in [1.29, 1.82) is 0 Å². The Morgan fingerprint density at radius 2 is 1.96 bits per heavy atom. The Kier molecular flexibility index (Phi) is 6.42. The molecule has 138 valence electrons. The summed E-state index contributed by atoms with van der Waals surface area (Å²) in [7, 11) is 1.62. The normalized spacial score (nSPS) is 17.7. The maximum atomic E-state index is 12.6. The third-order valence-electron chi connectivity index (χ3n) is 5.25. The van der Waals surface area contributed by atoms with Gasteiger partial charge in [-0.25, -0.2) is 0 Å². The summed E-state index contributed by atoms with van der Waals surface area (Å²) in [4.78, 5) is 26.6. The van der Waals surface area contributed by atoms with Crippen LogP contribution in [0, 0.1) is 5.92 Å². The molecule has 3 N–H and O–H groups in total. The number of carbonyl (C=O) groups is 2. The van der Waals surface area contributed by atoms with Crippen LogP contribution in [0.2, 0.25) is 0 Å². The molecule has 0 radical (unpaired) electrons. The van der Waals surface area contributed by atoms with Crippen LogP contribution in [0.15, 0.2) is 24.3 Å². The maximum Gasteiger partial charge on any atom is 0.225 e. The van der Waals surface area contributed by atoms with Gasteiger partial charge in [-0.3, -0.25) is 9.59 Å². The van der Waals surface area contributed by atoms with Crippen LogP contribution in [0.3, 0.4) is 0 Å². The van der Waals surface area contributed by atoms with Gasteiger partial charge >= 0.3 is 0 Å². The Labute approximate surface area is 149 Å². The molecule has 1 aliphatic heterocycles. The predicted molar refractivity (Wildman–Crippen MR) is 97.0 cm³/mol. The minimum Gasteiger partial charge on any atom is -0.497 e. The molecule has 6 heteroatoms. The van der Waals surface area contributed by atoms with Crippen molar-refractivity contribution in [2.45, 2.75) is 45.2 Å². The van der Waals surface area contributed by atoms with E-state index in [9.17, 15) is 9.59 Å². The Morgan fingerprint density at radius 3 is 2.48 bits per heavy atom. The average molecular weight is 347 g/mol. The lowest BCUT2D eigenvalue weighted by Crippen LogP contribution is -2.54. The van der Waals surface area contributed by atoms with Gasteiger partial charge in [0.2, 0.25) is 11.8 Å². The van der Waals surface area contributed by atoms with Crippen molar-refractivity contribution in [1.82, 2.24) is 10.2 Å². The Balaban J connectivity index is 1.97. The van der Waals surface area contributed by atoms with Crippen molar-refractivity contribution in [3.05, 3.63) is 29.8 Å². The Morgan fingerprint density at radius 1 is 1.32 bits per heavy atom. The zero-order valence-corrected chi connectivity index (χ0v) is 15.4. The summed E-state index contributed by atoms with van der Waals surface area (Å²) in [6.07, 6.45) is 1.82. The van der Waals surface area contributed by atoms with Crippen LogP contribution in [0.1, 0.15) is 38.7 Å². The van der Waals surface area contributed by atoms with Gasteiger partial charge in [-0.05, 0) is 30.5 Å². The second-order valence-electron chi connectivity index (χ2n) is 6.70. The molecule has 0 aliphatic carbocycles. The monoisotopic (exact) mass is 347 g/mol. The third kappa shape index (κ3) is 4.51. The number of benzene rings is 1. The molecule has 0 spiro atoms. The zero-order valence-electron chi connectivity index (χ0n) is 15.4. The quantitative estimate of drug-likeness (QED) is 0.749. The van der Waals surface area contributed by atoms with E-state index in [1.54, 1.807) is 12.0 Å². The molecule has 6 nitrogen and oxygen atoms in total. The van der Waals surface area contributed by atoms with Gasteiger partial charge in [-0.2, -0.15) is 0 Å². The fourth-order valence-corrected chi connectivity index (χ4v) is 3.18. The highest BCUT2D eigenvalue weighted by Crippen LogP contribution is 2.23. The summed E-state index contributed by atoms with van der Waals surface area (Å²) in [5, 5.41) is 3.08. The van der Waals surface area contributed by atoms with E-state index in [2.05, 4.69) is 5.32 Å². The minimum atomic E-state index is -0.371. The number of ether oxygens (including phenoxy) is 1. The maximum absolute atomic E-state index is 12.6. The van der Waals surface area contributed by atoms with Gasteiger partial charge in [-0.1, -0.05) is 26.0 Å². The summed E-state index contributed by atoms with van der Waals surface area (Å²) in [5.74, 6) is 0.419. The van der Waals surface area contributed by atoms with E-state index >= 15 is 0 Å². The van der Waals surface area contributed by atoms with E-state index in [-0.39, 0.29) is 29.7 Å². The number of hydrogen-bond acceptors (Lipinski definition) is 4. The topological polar surface area (TPSA) is 84.7 Å². The first-order valence-electron chi connectivity index (χ1n) is 8.89. The molecule has 1 heterocycles. The van der Waals surface area contributed by atoms with Crippen LogP contribution in [-0.2, 0) is 16.1 Å². The van der Waals surface area contributed by atoms with Crippen LogP contribution in [-0.4, -0.2) is 42.5 Å². The lowest BCUT2D eigenvalue weighted by molar-refractivity contribution is -0.129.